The van der Waals surface area contributed by atoms with Crippen LogP contribution in [0.1, 0.15) is 19.3 Å². The fourth-order valence-corrected chi connectivity index (χ4v) is 2.02. The molecule has 0 saturated heterocycles. The maximum absolute atomic E-state index is 12.2. The number of nitrogens with one attached hydrogen (secondary N) is 3. The van der Waals surface area contributed by atoms with Crippen molar-refractivity contribution in [3.63, 3.8) is 0 Å². The molecule has 0 rings (SSSR count). The first kappa shape index (κ1) is 22.1. The van der Waals surface area contributed by atoms with Crippen molar-refractivity contribution in [2.24, 2.45) is 11.5 Å². The van der Waals surface area contributed by atoms with Crippen LogP contribution in [0.2, 0.25) is 0 Å². The van der Waals surface area contributed by atoms with E-state index in [2.05, 4.69) is 28.6 Å². The van der Waals surface area contributed by atoms with E-state index < -0.39 is 42.3 Å². The Hall–Kier alpha value is -1.85. The smallest absolute Gasteiger partial charge is 0.322 e. The number of thiol groups is 1. The molecule has 0 aliphatic rings. The van der Waals surface area contributed by atoms with Crippen LogP contribution in [0.4, 0.5) is 0 Å². The van der Waals surface area contributed by atoms with Gasteiger partial charge in [-0.3, -0.25) is 19.2 Å². The van der Waals surface area contributed by atoms with E-state index in [1.54, 1.807) is 0 Å². The summed E-state index contributed by atoms with van der Waals surface area (Å²) in [5, 5.41) is 15.7. The number of hydrogen-bond donors (Lipinski definition) is 7. The Morgan fingerprint density at radius 2 is 1.67 bits per heavy atom. The van der Waals surface area contributed by atoms with Gasteiger partial charge < -0.3 is 32.5 Å². The van der Waals surface area contributed by atoms with E-state index in [9.17, 15) is 19.2 Å². The lowest BCUT2D eigenvalue weighted by Gasteiger charge is -2.22. The summed E-state index contributed by atoms with van der Waals surface area (Å²) in [6.45, 7) is -0.401. The topological polar surface area (TPSA) is 177 Å². The van der Waals surface area contributed by atoms with Gasteiger partial charge in [-0.25, -0.2) is 0 Å². The highest BCUT2D eigenvalue weighted by Gasteiger charge is 2.25. The number of unbranched alkanes of at least 4 members (excludes halogenated alkanes) is 1. The van der Waals surface area contributed by atoms with Crippen molar-refractivity contribution in [2.75, 3.05) is 25.4 Å². The fourth-order valence-electron chi connectivity index (χ4n) is 1.77. The summed E-state index contributed by atoms with van der Waals surface area (Å²) in [4.78, 5) is 46.0. The van der Waals surface area contributed by atoms with Crippen LogP contribution >= 0.6 is 12.6 Å². The minimum Gasteiger partial charge on any atom is -0.480 e. The molecule has 0 aliphatic carbocycles. The first-order valence-corrected chi connectivity index (χ1v) is 8.09. The predicted molar refractivity (Wildman–Crippen MR) is 90.3 cm³/mol. The third-order valence-electron chi connectivity index (χ3n) is 3.01. The summed E-state index contributed by atoms with van der Waals surface area (Å²) >= 11 is 3.99. The zero-order chi connectivity index (χ0) is 18.5. The molecule has 0 bridgehead atoms. The third-order valence-corrected chi connectivity index (χ3v) is 3.38. The molecule has 0 saturated carbocycles. The number of aliphatic carboxylic acids is 1. The Kier molecular flexibility index (Phi) is 11.6. The average molecular weight is 363 g/mol. The minimum absolute atomic E-state index is 0.0177. The summed E-state index contributed by atoms with van der Waals surface area (Å²) in [6, 6.07) is -1.88. The van der Waals surface area contributed by atoms with Gasteiger partial charge in [0.25, 0.3) is 0 Å². The van der Waals surface area contributed by atoms with Gasteiger partial charge in [0.05, 0.1) is 6.54 Å². The zero-order valence-corrected chi connectivity index (χ0v) is 14.2. The second kappa shape index (κ2) is 12.6. The van der Waals surface area contributed by atoms with Gasteiger partial charge in [-0.05, 0) is 25.8 Å². The van der Waals surface area contributed by atoms with Gasteiger partial charge in [-0.15, -0.1) is 0 Å². The molecular formula is C13H25N5O5S. The lowest BCUT2D eigenvalue weighted by molar-refractivity contribution is -0.138. The molecule has 0 aromatic carbocycles. The molecule has 0 fully saturated rings. The third kappa shape index (κ3) is 9.33. The summed E-state index contributed by atoms with van der Waals surface area (Å²) < 4.78 is 0. The predicted octanol–water partition coefficient (Wildman–Crippen LogP) is -2.83. The number of hydrogen-bond acceptors (Lipinski definition) is 7. The molecule has 0 aromatic rings. The number of carbonyl (C=O) groups excluding carboxylic acids is 3. The van der Waals surface area contributed by atoms with Gasteiger partial charge in [0, 0.05) is 5.75 Å². The Labute approximate surface area is 145 Å². The SMILES string of the molecule is NCCCCC(NC(=O)C(CS)NC(=O)CN)C(=O)NCC(=O)O. The molecule has 138 valence electrons. The van der Waals surface area contributed by atoms with E-state index in [1.165, 1.54) is 0 Å². The van der Waals surface area contributed by atoms with Crippen LogP contribution < -0.4 is 27.4 Å². The lowest BCUT2D eigenvalue weighted by Crippen LogP contribution is -2.55. The number of rotatable bonds is 12. The van der Waals surface area contributed by atoms with Gasteiger partial charge in [0.2, 0.25) is 17.7 Å². The van der Waals surface area contributed by atoms with E-state index in [1.807, 2.05) is 0 Å². The van der Waals surface area contributed by atoms with Gasteiger partial charge in [0.15, 0.2) is 0 Å². The van der Waals surface area contributed by atoms with Crippen molar-refractivity contribution < 1.29 is 24.3 Å². The summed E-state index contributed by atoms with van der Waals surface area (Å²) in [7, 11) is 0. The molecule has 0 aliphatic heterocycles. The Bertz CT molecular complexity index is 448. The normalized spacial score (nSPS) is 12.8. The van der Waals surface area contributed by atoms with E-state index in [4.69, 9.17) is 16.6 Å². The number of nitrogens with two attached hydrogens (primary N) is 2. The molecule has 0 radical (unpaired) electrons. The molecule has 24 heavy (non-hydrogen) atoms. The van der Waals surface area contributed by atoms with Gasteiger partial charge in [0.1, 0.15) is 18.6 Å². The zero-order valence-electron chi connectivity index (χ0n) is 13.3. The van der Waals surface area contributed by atoms with Crippen molar-refractivity contribution >= 4 is 36.3 Å². The van der Waals surface area contributed by atoms with Gasteiger partial charge in [-0.2, -0.15) is 12.6 Å². The molecule has 3 amide bonds. The number of carboxylic acids is 1. The summed E-state index contributed by atoms with van der Waals surface area (Å²) in [6.07, 6.45) is 1.51. The quantitative estimate of drug-likeness (QED) is 0.144. The molecule has 10 nitrogen and oxygen atoms in total. The standard InChI is InChI=1S/C13H25N5O5S/c14-4-2-1-3-8(12(22)16-6-11(20)21)18-13(23)9(7-24)17-10(19)5-15/h8-9,24H,1-7,14-15H2,(H,16,22)(H,17,19)(H,18,23)(H,20,21). The Morgan fingerprint density at radius 1 is 1.00 bits per heavy atom. The summed E-state index contributed by atoms with van der Waals surface area (Å²) in [5.74, 6) is -2.93. The maximum atomic E-state index is 12.2. The molecule has 11 heteroatoms. The molecular weight excluding hydrogens is 338 g/mol. The molecule has 0 spiro atoms. The highest BCUT2D eigenvalue weighted by molar-refractivity contribution is 7.80. The van der Waals surface area contributed by atoms with Crippen LogP contribution in [0.25, 0.3) is 0 Å². The minimum atomic E-state index is -1.20. The first-order chi connectivity index (χ1) is 11.3. The number of carbonyl (C=O) groups is 4. The van der Waals surface area contributed by atoms with Crippen LogP contribution in [0.3, 0.4) is 0 Å². The van der Waals surface area contributed by atoms with Crippen molar-refractivity contribution in [3.05, 3.63) is 0 Å². The fraction of sp³-hybridized carbons (Fsp3) is 0.692. The van der Waals surface area contributed by atoms with Crippen molar-refractivity contribution in [3.8, 4) is 0 Å². The number of carboxylic acid groups (broad SMARTS) is 1. The van der Waals surface area contributed by atoms with Crippen LogP contribution in [-0.4, -0.2) is 66.3 Å². The highest BCUT2D eigenvalue weighted by atomic mass is 32.1. The van der Waals surface area contributed by atoms with E-state index in [-0.39, 0.29) is 12.3 Å². The number of amides is 3. The molecule has 0 heterocycles. The van der Waals surface area contributed by atoms with E-state index in [0.29, 0.717) is 25.8 Å². The Balaban J connectivity index is 4.80. The van der Waals surface area contributed by atoms with Crippen LogP contribution in [0, 0.1) is 0 Å². The Morgan fingerprint density at radius 3 is 2.17 bits per heavy atom. The van der Waals surface area contributed by atoms with Crippen molar-refractivity contribution in [1.82, 2.24) is 16.0 Å². The van der Waals surface area contributed by atoms with Crippen molar-refractivity contribution in [1.29, 1.82) is 0 Å². The largest absolute Gasteiger partial charge is 0.480 e. The van der Waals surface area contributed by atoms with E-state index in [0.717, 1.165) is 0 Å². The second-order valence-corrected chi connectivity index (χ2v) is 5.33. The lowest BCUT2D eigenvalue weighted by atomic mass is 10.1. The van der Waals surface area contributed by atoms with Crippen LogP contribution in [-0.2, 0) is 19.2 Å². The van der Waals surface area contributed by atoms with Crippen LogP contribution in [0.15, 0.2) is 0 Å². The monoisotopic (exact) mass is 363 g/mol. The van der Waals surface area contributed by atoms with Gasteiger partial charge in [-0.1, -0.05) is 0 Å². The first-order valence-electron chi connectivity index (χ1n) is 7.45. The summed E-state index contributed by atoms with van der Waals surface area (Å²) in [5.41, 5.74) is 10.6. The highest BCUT2D eigenvalue weighted by Crippen LogP contribution is 2.02. The molecule has 2 atom stereocenters. The molecule has 0 aromatic heterocycles. The molecule has 2 unspecified atom stereocenters. The van der Waals surface area contributed by atoms with E-state index >= 15 is 0 Å². The average Bonchev–Trinajstić information content (AvgIpc) is 2.56. The van der Waals surface area contributed by atoms with Crippen molar-refractivity contribution in [2.45, 2.75) is 31.3 Å². The van der Waals surface area contributed by atoms with Crippen LogP contribution in [0.5, 0.6) is 0 Å². The van der Waals surface area contributed by atoms with Gasteiger partial charge >= 0.3 is 5.97 Å². The second-order valence-electron chi connectivity index (χ2n) is 4.96. The molecule has 8 N–H and O–H groups in total. The maximum Gasteiger partial charge on any atom is 0.322 e.